The van der Waals surface area contributed by atoms with Crippen LogP contribution < -0.4 is 23.8 Å². The Hall–Kier alpha value is -4.64. The highest BCUT2D eigenvalue weighted by Crippen LogP contribution is 2.48. The van der Waals surface area contributed by atoms with E-state index in [0.29, 0.717) is 22.6 Å². The van der Waals surface area contributed by atoms with E-state index in [1.807, 2.05) is 0 Å². The third kappa shape index (κ3) is 4.40. The summed E-state index contributed by atoms with van der Waals surface area (Å²) in [6.45, 7) is 0. The lowest BCUT2D eigenvalue weighted by Gasteiger charge is -2.24. The smallest absolute Gasteiger partial charge is 0.301 e. The first-order valence-corrected chi connectivity index (χ1v) is 12.4. The molecule has 0 spiro atoms. The van der Waals surface area contributed by atoms with E-state index in [1.165, 1.54) is 49.7 Å². The quantitative estimate of drug-likeness (QED) is 0.193. The molecule has 1 unspecified atom stereocenters. The van der Waals surface area contributed by atoms with Crippen molar-refractivity contribution in [3.8, 4) is 23.0 Å². The van der Waals surface area contributed by atoms with E-state index in [-0.39, 0.29) is 27.8 Å². The molecule has 1 N–H and O–H groups in total. The molecule has 11 heteroatoms. The Bertz CT molecular complexity index is 1610. The van der Waals surface area contributed by atoms with E-state index >= 15 is 0 Å². The maximum absolute atomic E-state index is 13.6. The van der Waals surface area contributed by atoms with E-state index < -0.39 is 29.3 Å². The van der Waals surface area contributed by atoms with Gasteiger partial charge in [0.05, 0.1) is 50.3 Å². The Labute approximate surface area is 226 Å². The van der Waals surface area contributed by atoms with E-state index in [9.17, 15) is 19.1 Å². The van der Waals surface area contributed by atoms with Crippen LogP contribution in [0.25, 0.3) is 16.0 Å². The molecule has 5 rings (SSSR count). The van der Waals surface area contributed by atoms with Gasteiger partial charge in [-0.25, -0.2) is 9.37 Å². The Balaban J connectivity index is 1.77. The number of hydrogen-bond acceptors (Lipinski definition) is 9. The molecule has 1 saturated heterocycles. The largest absolute Gasteiger partial charge is 0.507 e. The van der Waals surface area contributed by atoms with Crippen molar-refractivity contribution in [3.05, 3.63) is 77.1 Å². The Morgan fingerprint density at radius 3 is 2.18 bits per heavy atom. The van der Waals surface area contributed by atoms with Gasteiger partial charge in [-0.05, 0) is 60.2 Å². The highest BCUT2D eigenvalue weighted by molar-refractivity contribution is 7.22. The third-order valence-electron chi connectivity index (χ3n) is 6.36. The first kappa shape index (κ1) is 26.0. The van der Waals surface area contributed by atoms with Crippen LogP contribution in [-0.2, 0) is 9.59 Å². The lowest BCUT2D eigenvalue weighted by molar-refractivity contribution is -0.132. The molecule has 0 saturated carbocycles. The number of amides is 1. The fraction of sp³-hybridized carbons (Fsp3) is 0.179. The minimum absolute atomic E-state index is 0.167. The molecular formula is C28H23FN2O7S. The number of fused-ring (bicyclic) bond motifs is 1. The molecule has 2 heterocycles. The summed E-state index contributed by atoms with van der Waals surface area (Å²) in [5, 5.41) is 11.5. The van der Waals surface area contributed by atoms with Crippen molar-refractivity contribution in [2.75, 3.05) is 33.3 Å². The number of anilines is 1. The number of methoxy groups -OCH3 is 4. The summed E-state index contributed by atoms with van der Waals surface area (Å²) in [5.74, 6) is -1.30. The van der Waals surface area contributed by atoms with Crippen LogP contribution in [0.3, 0.4) is 0 Å². The summed E-state index contributed by atoms with van der Waals surface area (Å²) >= 11 is 1.19. The van der Waals surface area contributed by atoms with Crippen LogP contribution in [0.1, 0.15) is 17.2 Å². The summed E-state index contributed by atoms with van der Waals surface area (Å²) in [6.07, 6.45) is 0. The number of ketones is 1. The molecule has 9 nitrogen and oxygen atoms in total. The van der Waals surface area contributed by atoms with E-state index in [0.717, 1.165) is 16.8 Å². The minimum atomic E-state index is -1.12. The second-order valence-electron chi connectivity index (χ2n) is 8.46. The standard InChI is InChI=1S/C28H23FN2O7S/c1-35-17-9-10-18-21(13-17)39-28(30-18)31-23(15-11-19(36-2)26(38-4)20(12-15)37-3)22(25(33)27(31)34)24(32)14-5-7-16(29)8-6-14/h5-13,23,32H,1-4H3/b24-22+. The normalized spacial score (nSPS) is 16.5. The Kier molecular flexibility index (Phi) is 6.83. The molecule has 1 aliphatic rings. The fourth-order valence-electron chi connectivity index (χ4n) is 4.49. The second kappa shape index (κ2) is 10.3. The maximum atomic E-state index is 13.6. The van der Waals surface area contributed by atoms with Crippen molar-refractivity contribution < 1.29 is 38.0 Å². The molecule has 1 fully saturated rings. The molecule has 1 aromatic heterocycles. The number of aromatic nitrogens is 1. The van der Waals surface area contributed by atoms with Crippen LogP contribution >= 0.6 is 11.3 Å². The number of thiazole rings is 1. The number of rotatable bonds is 7. The predicted octanol–water partition coefficient (Wildman–Crippen LogP) is 5.10. The number of carbonyl (C=O) groups excluding carboxylic acids is 2. The third-order valence-corrected chi connectivity index (χ3v) is 7.37. The molecule has 4 aromatic rings. The van der Waals surface area contributed by atoms with Crippen molar-refractivity contribution in [2.24, 2.45) is 0 Å². The van der Waals surface area contributed by atoms with Gasteiger partial charge in [0.15, 0.2) is 16.6 Å². The zero-order chi connectivity index (χ0) is 27.8. The van der Waals surface area contributed by atoms with Gasteiger partial charge in [-0.2, -0.15) is 0 Å². The lowest BCUT2D eigenvalue weighted by Crippen LogP contribution is -2.29. The van der Waals surface area contributed by atoms with Crippen molar-refractivity contribution in [3.63, 3.8) is 0 Å². The fourth-order valence-corrected chi connectivity index (χ4v) is 5.51. The van der Waals surface area contributed by atoms with Crippen molar-refractivity contribution >= 4 is 44.1 Å². The van der Waals surface area contributed by atoms with Crippen LogP contribution in [0.4, 0.5) is 9.52 Å². The summed E-state index contributed by atoms with van der Waals surface area (Å²) in [4.78, 5) is 32.9. The van der Waals surface area contributed by atoms with Crippen LogP contribution in [0, 0.1) is 5.82 Å². The van der Waals surface area contributed by atoms with Gasteiger partial charge in [-0.15, -0.1) is 0 Å². The molecule has 1 amide bonds. The van der Waals surface area contributed by atoms with Gasteiger partial charge in [-0.3, -0.25) is 14.5 Å². The van der Waals surface area contributed by atoms with Gasteiger partial charge in [0, 0.05) is 5.56 Å². The van der Waals surface area contributed by atoms with Gasteiger partial charge < -0.3 is 24.1 Å². The predicted molar refractivity (Wildman–Crippen MR) is 143 cm³/mol. The van der Waals surface area contributed by atoms with Gasteiger partial charge in [0.1, 0.15) is 17.3 Å². The first-order chi connectivity index (χ1) is 18.8. The van der Waals surface area contributed by atoms with Crippen molar-refractivity contribution in [1.29, 1.82) is 0 Å². The highest BCUT2D eigenvalue weighted by Gasteiger charge is 2.48. The number of aliphatic hydroxyl groups excluding tert-OH is 1. The summed E-state index contributed by atoms with van der Waals surface area (Å²) in [7, 11) is 5.88. The maximum Gasteiger partial charge on any atom is 0.301 e. The monoisotopic (exact) mass is 550 g/mol. The number of Topliss-reactive ketones (excluding diaryl/α,β-unsaturated/α-hetero) is 1. The molecule has 0 bridgehead atoms. The molecule has 200 valence electrons. The first-order valence-electron chi connectivity index (χ1n) is 11.6. The molecule has 1 aliphatic heterocycles. The lowest BCUT2D eigenvalue weighted by atomic mass is 9.94. The Morgan fingerprint density at radius 2 is 1.59 bits per heavy atom. The van der Waals surface area contributed by atoms with E-state index in [4.69, 9.17) is 18.9 Å². The van der Waals surface area contributed by atoms with E-state index in [1.54, 1.807) is 37.4 Å². The molecule has 0 radical (unpaired) electrons. The average molecular weight is 551 g/mol. The van der Waals surface area contributed by atoms with Crippen LogP contribution in [0.5, 0.6) is 23.0 Å². The molecule has 0 aliphatic carbocycles. The molecule has 39 heavy (non-hydrogen) atoms. The topological polar surface area (TPSA) is 107 Å². The summed E-state index contributed by atoms with van der Waals surface area (Å²) in [5.41, 5.74) is 0.961. The number of benzene rings is 3. The number of carbonyl (C=O) groups is 2. The summed E-state index contributed by atoms with van der Waals surface area (Å²) < 4.78 is 36.1. The van der Waals surface area contributed by atoms with Crippen molar-refractivity contribution in [1.82, 2.24) is 4.98 Å². The van der Waals surface area contributed by atoms with Gasteiger partial charge in [0.25, 0.3) is 5.78 Å². The van der Waals surface area contributed by atoms with E-state index in [2.05, 4.69) is 4.98 Å². The molecule has 1 atom stereocenters. The highest BCUT2D eigenvalue weighted by atomic mass is 32.1. The zero-order valence-corrected chi connectivity index (χ0v) is 22.2. The van der Waals surface area contributed by atoms with Gasteiger partial charge >= 0.3 is 5.91 Å². The molecular weight excluding hydrogens is 527 g/mol. The number of halogens is 1. The zero-order valence-electron chi connectivity index (χ0n) is 21.4. The number of nitrogens with zero attached hydrogens (tertiary/aromatic N) is 2. The van der Waals surface area contributed by atoms with Gasteiger partial charge in [0.2, 0.25) is 5.75 Å². The number of hydrogen-bond donors (Lipinski definition) is 1. The average Bonchev–Trinajstić information content (AvgIpc) is 3.49. The van der Waals surface area contributed by atoms with Crippen LogP contribution in [-0.4, -0.2) is 50.2 Å². The SMILES string of the molecule is COc1ccc2nc(N3C(=O)C(=O)/C(=C(/O)c4ccc(F)cc4)C3c3cc(OC)c(OC)c(OC)c3)sc2c1. The summed E-state index contributed by atoms with van der Waals surface area (Å²) in [6, 6.07) is 12.3. The Morgan fingerprint density at radius 1 is 0.923 bits per heavy atom. The van der Waals surface area contributed by atoms with Crippen LogP contribution in [0.2, 0.25) is 0 Å². The minimum Gasteiger partial charge on any atom is -0.507 e. The van der Waals surface area contributed by atoms with Crippen molar-refractivity contribution in [2.45, 2.75) is 6.04 Å². The molecule has 3 aromatic carbocycles. The number of aliphatic hydroxyl groups is 1. The van der Waals surface area contributed by atoms with Crippen LogP contribution in [0.15, 0.2) is 60.2 Å². The second-order valence-corrected chi connectivity index (χ2v) is 9.47. The van der Waals surface area contributed by atoms with Gasteiger partial charge in [-0.1, -0.05) is 11.3 Å². The number of ether oxygens (including phenoxy) is 4.